The van der Waals surface area contributed by atoms with Gasteiger partial charge in [0.25, 0.3) is 0 Å². The first-order chi connectivity index (χ1) is 11.5. The van der Waals surface area contributed by atoms with Gasteiger partial charge < -0.3 is 15.4 Å². The molecule has 0 aromatic heterocycles. The van der Waals surface area contributed by atoms with Crippen molar-refractivity contribution in [2.24, 2.45) is 10.9 Å². The van der Waals surface area contributed by atoms with E-state index in [1.54, 1.807) is 0 Å². The zero-order valence-electron chi connectivity index (χ0n) is 14.3. The smallest absolute Gasteiger partial charge is 0.377 e. The second-order valence-corrected chi connectivity index (χ2v) is 6.44. The molecule has 4 nitrogen and oxygen atoms in total. The van der Waals surface area contributed by atoms with Crippen LogP contribution >= 0.6 is 0 Å². The summed E-state index contributed by atoms with van der Waals surface area (Å²) in [6, 6.07) is -0.162. The first-order valence-corrected chi connectivity index (χ1v) is 8.86. The number of ether oxygens (including phenoxy) is 1. The lowest BCUT2D eigenvalue weighted by Crippen LogP contribution is -2.46. The van der Waals surface area contributed by atoms with Gasteiger partial charge in [0.1, 0.15) is 0 Å². The van der Waals surface area contributed by atoms with E-state index < -0.39 is 12.1 Å². The van der Waals surface area contributed by atoms with Crippen LogP contribution < -0.4 is 10.6 Å². The van der Waals surface area contributed by atoms with E-state index in [-0.39, 0.29) is 18.9 Å². The van der Waals surface area contributed by atoms with Crippen LogP contribution in [0.5, 0.6) is 0 Å². The molecular weight excluding hydrogens is 319 g/mol. The van der Waals surface area contributed by atoms with Gasteiger partial charge in [-0.05, 0) is 39.0 Å². The average molecular weight is 347 g/mol. The van der Waals surface area contributed by atoms with Crippen molar-refractivity contribution >= 4 is 5.96 Å². The largest absolute Gasteiger partial charge is 0.391 e. The number of nitrogens with zero attached hydrogens (tertiary/aromatic N) is 1. The van der Waals surface area contributed by atoms with E-state index in [0.29, 0.717) is 32.1 Å². The SMILES string of the molecule is CCNC(=NCCC1=CCOCC1)NC1CCCC(C(F)(F)F)C1. The van der Waals surface area contributed by atoms with Crippen molar-refractivity contribution in [1.82, 2.24) is 10.6 Å². The summed E-state index contributed by atoms with van der Waals surface area (Å²) < 4.78 is 44.0. The van der Waals surface area contributed by atoms with Gasteiger partial charge in [-0.3, -0.25) is 4.99 Å². The highest BCUT2D eigenvalue weighted by atomic mass is 19.4. The van der Waals surface area contributed by atoms with Crippen LogP contribution in [0.1, 0.15) is 45.4 Å². The lowest BCUT2D eigenvalue weighted by atomic mass is 9.85. The van der Waals surface area contributed by atoms with E-state index in [1.807, 2.05) is 6.92 Å². The van der Waals surface area contributed by atoms with E-state index in [2.05, 4.69) is 21.7 Å². The van der Waals surface area contributed by atoms with Gasteiger partial charge in [0, 0.05) is 19.1 Å². The maximum absolute atomic E-state index is 12.9. The predicted molar refractivity (Wildman–Crippen MR) is 89.1 cm³/mol. The molecule has 1 fully saturated rings. The topological polar surface area (TPSA) is 45.7 Å². The molecule has 7 heteroatoms. The van der Waals surface area contributed by atoms with Crippen LogP contribution in [0.4, 0.5) is 13.2 Å². The molecule has 1 heterocycles. The molecule has 0 bridgehead atoms. The summed E-state index contributed by atoms with van der Waals surface area (Å²) in [6.45, 7) is 4.71. The summed E-state index contributed by atoms with van der Waals surface area (Å²) in [7, 11) is 0. The van der Waals surface area contributed by atoms with Crippen LogP contribution in [-0.4, -0.2) is 44.5 Å². The van der Waals surface area contributed by atoms with Gasteiger partial charge >= 0.3 is 6.18 Å². The Morgan fingerprint density at radius 2 is 2.21 bits per heavy atom. The van der Waals surface area contributed by atoms with Crippen LogP contribution in [0.25, 0.3) is 0 Å². The first-order valence-electron chi connectivity index (χ1n) is 8.86. The number of alkyl halides is 3. The molecule has 0 radical (unpaired) electrons. The van der Waals surface area contributed by atoms with Gasteiger partial charge in [-0.25, -0.2) is 0 Å². The number of aliphatic imine (C=N–C) groups is 1. The fraction of sp³-hybridized carbons (Fsp3) is 0.824. The summed E-state index contributed by atoms with van der Waals surface area (Å²) in [5.41, 5.74) is 1.34. The van der Waals surface area contributed by atoms with Crippen molar-refractivity contribution in [3.05, 3.63) is 11.6 Å². The molecule has 0 aromatic rings. The fourth-order valence-corrected chi connectivity index (χ4v) is 3.24. The molecule has 0 spiro atoms. The highest BCUT2D eigenvalue weighted by Crippen LogP contribution is 2.37. The minimum Gasteiger partial charge on any atom is -0.377 e. The van der Waals surface area contributed by atoms with E-state index in [9.17, 15) is 13.2 Å². The van der Waals surface area contributed by atoms with Crippen molar-refractivity contribution in [2.75, 3.05) is 26.3 Å². The van der Waals surface area contributed by atoms with Gasteiger partial charge in [-0.2, -0.15) is 13.2 Å². The van der Waals surface area contributed by atoms with E-state index in [0.717, 1.165) is 25.9 Å². The zero-order chi connectivity index (χ0) is 17.4. The maximum atomic E-state index is 12.9. The van der Waals surface area contributed by atoms with Gasteiger partial charge in [-0.15, -0.1) is 0 Å². The molecule has 1 aliphatic carbocycles. The summed E-state index contributed by atoms with van der Waals surface area (Å²) >= 11 is 0. The summed E-state index contributed by atoms with van der Waals surface area (Å²) in [5.74, 6) is -0.572. The Kier molecular flexibility index (Phi) is 7.40. The molecule has 1 saturated carbocycles. The third-order valence-electron chi connectivity index (χ3n) is 4.58. The van der Waals surface area contributed by atoms with Crippen molar-refractivity contribution in [2.45, 2.75) is 57.7 Å². The molecule has 2 rings (SSSR count). The summed E-state index contributed by atoms with van der Waals surface area (Å²) in [5, 5.41) is 6.33. The van der Waals surface area contributed by atoms with Crippen molar-refractivity contribution < 1.29 is 17.9 Å². The Hall–Kier alpha value is -1.24. The third kappa shape index (κ3) is 6.34. The Labute approximate surface area is 141 Å². The molecular formula is C17H28F3N3O. The van der Waals surface area contributed by atoms with Crippen LogP contribution in [0.15, 0.2) is 16.6 Å². The maximum Gasteiger partial charge on any atom is 0.391 e. The van der Waals surface area contributed by atoms with E-state index in [4.69, 9.17) is 4.74 Å². The number of guanidine groups is 1. The van der Waals surface area contributed by atoms with E-state index >= 15 is 0 Å². The molecule has 0 amide bonds. The Balaban J connectivity index is 1.85. The molecule has 2 unspecified atom stereocenters. The van der Waals surface area contributed by atoms with Crippen LogP contribution in [-0.2, 0) is 4.74 Å². The van der Waals surface area contributed by atoms with Crippen LogP contribution in [0.2, 0.25) is 0 Å². The van der Waals surface area contributed by atoms with Gasteiger partial charge in [0.2, 0.25) is 0 Å². The number of nitrogens with one attached hydrogen (secondary N) is 2. The monoisotopic (exact) mass is 347 g/mol. The van der Waals surface area contributed by atoms with Crippen molar-refractivity contribution in [3.8, 4) is 0 Å². The van der Waals surface area contributed by atoms with E-state index in [1.165, 1.54) is 5.57 Å². The third-order valence-corrected chi connectivity index (χ3v) is 4.58. The summed E-state index contributed by atoms with van der Waals surface area (Å²) in [4.78, 5) is 4.52. The lowest BCUT2D eigenvalue weighted by Gasteiger charge is -2.32. The molecule has 1 aliphatic heterocycles. The quantitative estimate of drug-likeness (QED) is 0.455. The fourth-order valence-electron chi connectivity index (χ4n) is 3.24. The minimum atomic E-state index is -4.09. The van der Waals surface area contributed by atoms with Crippen LogP contribution in [0, 0.1) is 5.92 Å². The van der Waals surface area contributed by atoms with Gasteiger partial charge in [0.05, 0.1) is 19.1 Å². The molecule has 2 atom stereocenters. The summed E-state index contributed by atoms with van der Waals surface area (Å²) in [6.07, 6.45) is 1.56. The number of rotatable bonds is 5. The zero-order valence-corrected chi connectivity index (χ0v) is 14.3. The lowest BCUT2D eigenvalue weighted by molar-refractivity contribution is -0.183. The number of hydrogen-bond acceptors (Lipinski definition) is 2. The Bertz CT molecular complexity index is 449. The highest BCUT2D eigenvalue weighted by molar-refractivity contribution is 5.80. The second-order valence-electron chi connectivity index (χ2n) is 6.44. The molecule has 0 aromatic carbocycles. The molecule has 138 valence electrons. The molecule has 2 aliphatic rings. The second kappa shape index (κ2) is 9.30. The average Bonchev–Trinajstić information content (AvgIpc) is 2.55. The standard InChI is InChI=1S/C17H28F3N3O/c1-2-21-16(22-9-6-13-7-10-24-11-8-13)23-15-5-3-4-14(12-15)17(18,19)20/h7,14-15H,2-6,8-12H2,1H3,(H2,21,22,23). The van der Waals surface area contributed by atoms with Crippen molar-refractivity contribution in [3.63, 3.8) is 0 Å². The normalized spacial score (nSPS) is 26.0. The molecule has 0 saturated heterocycles. The van der Waals surface area contributed by atoms with Gasteiger partial charge in [0.15, 0.2) is 5.96 Å². The first kappa shape index (κ1) is 19.1. The minimum absolute atomic E-state index is 0.135. The highest BCUT2D eigenvalue weighted by Gasteiger charge is 2.42. The molecule has 2 N–H and O–H groups in total. The number of halogens is 3. The van der Waals surface area contributed by atoms with Crippen molar-refractivity contribution in [1.29, 1.82) is 0 Å². The van der Waals surface area contributed by atoms with Gasteiger partial charge in [-0.1, -0.05) is 18.1 Å². The molecule has 24 heavy (non-hydrogen) atoms. The number of hydrogen-bond donors (Lipinski definition) is 2. The van der Waals surface area contributed by atoms with Crippen LogP contribution in [0.3, 0.4) is 0 Å². The Morgan fingerprint density at radius 1 is 1.38 bits per heavy atom. The predicted octanol–water partition coefficient (Wildman–Crippen LogP) is 3.40. The Morgan fingerprint density at radius 3 is 2.88 bits per heavy atom.